The van der Waals surface area contributed by atoms with E-state index in [2.05, 4.69) is 4.90 Å². The molecule has 33 heavy (non-hydrogen) atoms. The monoisotopic (exact) mass is 490 g/mol. The number of likely N-dealkylation sites (tertiary alicyclic amines) is 1. The fourth-order valence-corrected chi connectivity index (χ4v) is 4.45. The van der Waals surface area contributed by atoms with Crippen LogP contribution in [0.15, 0.2) is 48.0 Å². The topological polar surface area (TPSA) is 79.3 Å². The van der Waals surface area contributed by atoms with E-state index in [0.29, 0.717) is 53.2 Å². The van der Waals surface area contributed by atoms with Gasteiger partial charge in [0.15, 0.2) is 0 Å². The molecule has 0 radical (unpaired) electrons. The second-order valence-electron chi connectivity index (χ2n) is 7.85. The molecular weight excluding hydrogens is 467 g/mol. The van der Waals surface area contributed by atoms with Crippen LogP contribution < -0.4 is 4.74 Å². The zero-order chi connectivity index (χ0) is 23.5. The molecule has 2 aromatic carbocycles. The molecule has 2 aliphatic rings. The number of methoxy groups -OCH3 is 1. The van der Waals surface area contributed by atoms with Gasteiger partial charge in [-0.3, -0.25) is 14.5 Å². The third-order valence-corrected chi connectivity index (χ3v) is 6.64. The van der Waals surface area contributed by atoms with E-state index in [-0.39, 0.29) is 11.3 Å². The molecule has 2 aliphatic heterocycles. The first-order chi connectivity index (χ1) is 15.9. The summed E-state index contributed by atoms with van der Waals surface area (Å²) in [5.74, 6) is -1.15. The lowest BCUT2D eigenvalue weighted by Crippen LogP contribution is -2.42. The van der Waals surface area contributed by atoms with Crippen LogP contribution in [0.5, 0.6) is 5.75 Å². The van der Waals surface area contributed by atoms with Crippen molar-refractivity contribution in [2.45, 2.75) is 6.04 Å². The maximum Gasteiger partial charge on any atom is 0.295 e. The number of halogens is 2. The number of benzene rings is 2. The van der Waals surface area contributed by atoms with E-state index in [0.717, 1.165) is 13.1 Å². The lowest BCUT2D eigenvalue weighted by Gasteiger charge is -2.31. The molecule has 2 heterocycles. The molecule has 1 amide bonds. The number of Topliss-reactive ketones (excluding diaryl/α,β-unsaturated/α-hetero) is 1. The molecule has 0 aromatic heterocycles. The molecule has 1 N–H and O–H groups in total. The summed E-state index contributed by atoms with van der Waals surface area (Å²) in [7, 11) is 1.51. The van der Waals surface area contributed by atoms with Crippen LogP contribution in [0.25, 0.3) is 5.76 Å². The van der Waals surface area contributed by atoms with Gasteiger partial charge in [0.25, 0.3) is 11.7 Å². The van der Waals surface area contributed by atoms with Crippen LogP contribution in [0, 0.1) is 0 Å². The highest BCUT2D eigenvalue weighted by molar-refractivity contribution is 6.46. The average Bonchev–Trinajstić information content (AvgIpc) is 3.09. The summed E-state index contributed by atoms with van der Waals surface area (Å²) in [6.45, 7) is 3.66. The van der Waals surface area contributed by atoms with E-state index < -0.39 is 17.7 Å². The fourth-order valence-electron chi connectivity index (χ4n) is 4.14. The van der Waals surface area contributed by atoms with Gasteiger partial charge in [-0.05, 0) is 29.8 Å². The van der Waals surface area contributed by atoms with Gasteiger partial charge >= 0.3 is 0 Å². The van der Waals surface area contributed by atoms with E-state index in [1.54, 1.807) is 42.5 Å². The van der Waals surface area contributed by atoms with Crippen molar-refractivity contribution in [2.24, 2.45) is 0 Å². The molecule has 1 unspecified atom stereocenters. The van der Waals surface area contributed by atoms with E-state index in [1.807, 2.05) is 0 Å². The van der Waals surface area contributed by atoms with Crippen molar-refractivity contribution >= 4 is 40.7 Å². The Morgan fingerprint density at radius 2 is 1.85 bits per heavy atom. The van der Waals surface area contributed by atoms with Crippen LogP contribution in [-0.4, -0.2) is 73.1 Å². The number of ether oxygens (including phenoxy) is 2. The quantitative estimate of drug-likeness (QED) is 0.377. The first kappa shape index (κ1) is 23.6. The lowest BCUT2D eigenvalue weighted by molar-refractivity contribution is -0.140. The Morgan fingerprint density at radius 1 is 1.09 bits per heavy atom. The molecule has 0 aliphatic carbocycles. The number of aliphatic hydroxyl groups excluding tert-OH is 1. The molecule has 174 valence electrons. The van der Waals surface area contributed by atoms with Gasteiger partial charge in [-0.1, -0.05) is 41.4 Å². The first-order valence-corrected chi connectivity index (χ1v) is 11.3. The Labute approximate surface area is 202 Å². The molecular formula is C24H24Cl2N2O5. The SMILES string of the molecule is COc1cccc(C(O)=C2C(=O)C(=O)N(CCN3CCOCC3)C2c2ccc(Cl)c(Cl)c2)c1. The predicted octanol–water partition coefficient (Wildman–Crippen LogP) is 3.76. The van der Waals surface area contributed by atoms with Crippen molar-refractivity contribution in [3.8, 4) is 5.75 Å². The molecule has 9 heteroatoms. The van der Waals surface area contributed by atoms with Crippen LogP contribution in [0.4, 0.5) is 0 Å². The van der Waals surface area contributed by atoms with Gasteiger partial charge in [-0.25, -0.2) is 0 Å². The van der Waals surface area contributed by atoms with E-state index >= 15 is 0 Å². The highest BCUT2D eigenvalue weighted by Crippen LogP contribution is 2.41. The number of nitrogens with zero attached hydrogens (tertiary/aromatic N) is 2. The number of rotatable bonds is 6. The Morgan fingerprint density at radius 3 is 2.55 bits per heavy atom. The van der Waals surface area contributed by atoms with Crippen molar-refractivity contribution in [2.75, 3.05) is 46.5 Å². The number of ketones is 1. The predicted molar refractivity (Wildman–Crippen MR) is 126 cm³/mol. The maximum atomic E-state index is 13.1. The Hall–Kier alpha value is -2.58. The first-order valence-electron chi connectivity index (χ1n) is 10.6. The zero-order valence-corrected chi connectivity index (χ0v) is 19.6. The minimum atomic E-state index is -0.799. The van der Waals surface area contributed by atoms with Crippen molar-refractivity contribution < 1.29 is 24.2 Å². The normalized spacial score (nSPS) is 20.9. The average molecular weight is 491 g/mol. The third-order valence-electron chi connectivity index (χ3n) is 5.90. The van der Waals surface area contributed by atoms with Gasteiger partial charge in [0.1, 0.15) is 11.5 Å². The number of hydrogen-bond acceptors (Lipinski definition) is 6. The van der Waals surface area contributed by atoms with Crippen LogP contribution in [0.1, 0.15) is 17.2 Å². The molecule has 0 saturated carbocycles. The summed E-state index contributed by atoms with van der Waals surface area (Å²) in [6, 6.07) is 10.9. The molecule has 2 aromatic rings. The maximum absolute atomic E-state index is 13.1. The van der Waals surface area contributed by atoms with E-state index in [1.165, 1.54) is 12.0 Å². The van der Waals surface area contributed by atoms with Crippen LogP contribution >= 0.6 is 23.2 Å². The highest BCUT2D eigenvalue weighted by atomic mass is 35.5. The van der Waals surface area contributed by atoms with Crippen molar-refractivity contribution in [1.82, 2.24) is 9.80 Å². The number of morpholine rings is 1. The van der Waals surface area contributed by atoms with E-state index in [4.69, 9.17) is 32.7 Å². The molecule has 2 fully saturated rings. The van der Waals surface area contributed by atoms with Crippen LogP contribution in [0.3, 0.4) is 0 Å². The van der Waals surface area contributed by atoms with Gasteiger partial charge in [-0.15, -0.1) is 0 Å². The second-order valence-corrected chi connectivity index (χ2v) is 8.67. The number of carbonyl (C=O) groups excluding carboxylic acids is 2. The number of carbonyl (C=O) groups is 2. The second kappa shape index (κ2) is 10.1. The number of amides is 1. The summed E-state index contributed by atoms with van der Waals surface area (Å²) in [5, 5.41) is 11.8. The minimum absolute atomic E-state index is 0.00798. The van der Waals surface area contributed by atoms with Crippen molar-refractivity contribution in [1.29, 1.82) is 0 Å². The standard InChI is InChI=1S/C24H24Cl2N2O5/c1-32-17-4-2-3-16(13-17)22(29)20-21(15-5-6-18(25)19(26)14-15)28(24(31)23(20)30)8-7-27-9-11-33-12-10-27/h2-6,13-14,21,29H,7-12H2,1H3. The number of hydrogen-bond donors (Lipinski definition) is 1. The molecule has 2 saturated heterocycles. The molecule has 4 rings (SSSR count). The largest absolute Gasteiger partial charge is 0.507 e. The van der Waals surface area contributed by atoms with Crippen LogP contribution in [-0.2, 0) is 14.3 Å². The van der Waals surface area contributed by atoms with Gasteiger partial charge in [0, 0.05) is 31.7 Å². The van der Waals surface area contributed by atoms with Gasteiger partial charge in [0.05, 0.1) is 42.0 Å². The Kier molecular flexibility index (Phi) is 7.24. The van der Waals surface area contributed by atoms with Crippen LogP contribution in [0.2, 0.25) is 10.0 Å². The Bertz CT molecular complexity index is 1100. The van der Waals surface area contributed by atoms with E-state index in [9.17, 15) is 14.7 Å². The highest BCUT2D eigenvalue weighted by Gasteiger charge is 2.46. The lowest BCUT2D eigenvalue weighted by atomic mass is 9.95. The fraction of sp³-hybridized carbons (Fsp3) is 0.333. The zero-order valence-electron chi connectivity index (χ0n) is 18.1. The molecule has 0 spiro atoms. The molecule has 7 nitrogen and oxygen atoms in total. The molecule has 1 atom stereocenters. The summed E-state index contributed by atoms with van der Waals surface area (Å²) < 4.78 is 10.6. The third kappa shape index (κ3) is 4.87. The summed E-state index contributed by atoms with van der Waals surface area (Å²) >= 11 is 12.4. The van der Waals surface area contributed by atoms with Crippen molar-refractivity contribution in [3.05, 3.63) is 69.2 Å². The number of aliphatic hydroxyl groups is 1. The van der Waals surface area contributed by atoms with Gasteiger partial charge in [0.2, 0.25) is 0 Å². The summed E-state index contributed by atoms with van der Waals surface area (Å²) in [5.41, 5.74) is 0.981. The Balaban J connectivity index is 1.76. The minimum Gasteiger partial charge on any atom is -0.507 e. The van der Waals surface area contributed by atoms with Gasteiger partial charge < -0.3 is 19.5 Å². The smallest absolute Gasteiger partial charge is 0.295 e. The van der Waals surface area contributed by atoms with Crippen molar-refractivity contribution in [3.63, 3.8) is 0 Å². The molecule has 0 bridgehead atoms. The summed E-state index contributed by atoms with van der Waals surface area (Å²) in [4.78, 5) is 29.9. The summed E-state index contributed by atoms with van der Waals surface area (Å²) in [6.07, 6.45) is 0. The van der Waals surface area contributed by atoms with Gasteiger partial charge in [-0.2, -0.15) is 0 Å².